The van der Waals surface area contributed by atoms with Gasteiger partial charge in [0.1, 0.15) is 0 Å². The highest BCUT2D eigenvalue weighted by Gasteiger charge is 2.29. The molecule has 4 heteroatoms. The minimum atomic E-state index is 1.30. The first-order valence-corrected chi connectivity index (χ1v) is 25.3. The van der Waals surface area contributed by atoms with Gasteiger partial charge in [0.2, 0.25) is 0 Å². The molecule has 2 aliphatic heterocycles. The molecule has 64 heavy (non-hydrogen) atoms. The summed E-state index contributed by atoms with van der Waals surface area (Å²) in [5.74, 6) is 0. The summed E-state index contributed by atoms with van der Waals surface area (Å²) in [6.45, 7) is 9.20. The molecular weight excluding hydrogens is 849 g/mol. The summed E-state index contributed by atoms with van der Waals surface area (Å²) < 4.78 is 2.71. The minimum absolute atomic E-state index is 1.30. The van der Waals surface area contributed by atoms with E-state index in [9.17, 15) is 0 Å². The molecule has 0 aromatic heterocycles. The van der Waals surface area contributed by atoms with Gasteiger partial charge in [0, 0.05) is 30.0 Å². The number of fused-ring (bicyclic) bond motifs is 6. The molecule has 0 N–H and O–H groups in total. The molecular formula is C60H38S4. The van der Waals surface area contributed by atoms with E-state index in [0.717, 1.165) is 0 Å². The van der Waals surface area contributed by atoms with E-state index < -0.39 is 0 Å². The molecule has 0 nitrogen and oxygen atoms in total. The van der Waals surface area contributed by atoms with Crippen LogP contribution in [-0.2, 0) is 0 Å². The fourth-order valence-electron chi connectivity index (χ4n) is 11.4. The molecule has 0 amide bonds. The smallest absolute Gasteiger partial charge is 0.0584 e. The van der Waals surface area contributed by atoms with Crippen LogP contribution in [-0.4, -0.2) is 0 Å². The average molecular weight is 887 g/mol. The van der Waals surface area contributed by atoms with E-state index in [2.05, 4.69) is 185 Å². The molecule has 14 rings (SSSR count). The third-order valence-corrected chi connectivity index (χ3v) is 19.2. The van der Waals surface area contributed by atoms with Gasteiger partial charge in [0.25, 0.3) is 0 Å². The quantitative estimate of drug-likeness (QED) is 0.125. The summed E-state index contributed by atoms with van der Waals surface area (Å²) in [6, 6.07) is 60.3. The highest BCUT2D eigenvalue weighted by molar-refractivity contribution is 8.32. The molecule has 0 saturated carbocycles. The first-order chi connectivity index (χ1) is 31.4. The van der Waals surface area contributed by atoms with Gasteiger partial charge in [0.05, 0.1) is 8.47 Å². The van der Waals surface area contributed by atoms with Gasteiger partial charge in [-0.05, 0) is 196 Å². The van der Waals surface area contributed by atoms with Crippen LogP contribution in [0, 0.1) is 27.7 Å². The van der Waals surface area contributed by atoms with E-state index in [1.54, 1.807) is 0 Å². The van der Waals surface area contributed by atoms with Crippen LogP contribution in [0.25, 0.3) is 106 Å². The van der Waals surface area contributed by atoms with Gasteiger partial charge in [-0.1, -0.05) is 156 Å². The van der Waals surface area contributed by atoms with Crippen LogP contribution in [0.1, 0.15) is 22.3 Å². The molecule has 12 aromatic rings. The van der Waals surface area contributed by atoms with Gasteiger partial charge in [-0.15, -0.1) is 0 Å². The molecule has 0 bridgehead atoms. The molecule has 0 saturated heterocycles. The van der Waals surface area contributed by atoms with Gasteiger partial charge in [-0.3, -0.25) is 0 Å². The van der Waals surface area contributed by atoms with Crippen molar-refractivity contribution in [1.82, 2.24) is 0 Å². The average Bonchev–Trinajstić information content (AvgIpc) is 3.94. The Kier molecular flexibility index (Phi) is 8.09. The van der Waals surface area contributed by atoms with E-state index in [4.69, 9.17) is 0 Å². The summed E-state index contributed by atoms with van der Waals surface area (Å²) in [4.78, 5) is 5.35. The summed E-state index contributed by atoms with van der Waals surface area (Å²) in [5, 5.41) is 21.5. The molecule has 0 radical (unpaired) electrons. The molecule has 12 aromatic carbocycles. The van der Waals surface area contributed by atoms with Crippen molar-refractivity contribution >= 4 is 131 Å². The van der Waals surface area contributed by atoms with Gasteiger partial charge >= 0.3 is 0 Å². The second kappa shape index (κ2) is 13.8. The fourth-order valence-corrected chi connectivity index (χ4v) is 16.7. The maximum absolute atomic E-state index is 2.62. The van der Waals surface area contributed by atoms with E-state index in [1.165, 1.54) is 158 Å². The molecule has 2 aliphatic rings. The SMILES string of the molecule is Cc1cccc(C)c1-c1cc2c3ccccc3c(=C3Sc4ccccc4S3)c3cc4c(-c5c(C)cccc5C)cc5c6ccccc6c(=C6Sc7ccccc7S6)c6cc1c(c32)c4c65. The Balaban J connectivity index is 1.31. The number of rotatable bonds is 2. The molecule has 0 spiro atoms. The standard InChI is InChI=1S/C60H38S4/c1-31-15-13-16-32(2)51(31)41-27-39-35-19-5-7-21-37(35)56(60-63-49-25-11-12-26-50(49)64-60)46-30-44-42(52-33(3)17-14-18-34(52)4)28-40-36-20-6-8-22-38(36)55(59-61-47-23-9-10-24-48(47)62-59)45-29-43(41)57(53(39)46)58(44)54(40)45/h5-30H,1-4H3. The van der Waals surface area contributed by atoms with Crippen molar-refractivity contribution in [2.45, 2.75) is 47.3 Å². The van der Waals surface area contributed by atoms with Crippen LogP contribution in [0.2, 0.25) is 0 Å². The number of aryl methyl sites for hydroxylation is 4. The number of benzene rings is 12. The van der Waals surface area contributed by atoms with E-state index in [1.807, 2.05) is 47.0 Å². The van der Waals surface area contributed by atoms with Gasteiger partial charge in [-0.25, -0.2) is 0 Å². The molecule has 0 unspecified atom stereocenters. The van der Waals surface area contributed by atoms with Crippen LogP contribution >= 0.6 is 47.0 Å². The zero-order valence-electron chi connectivity index (χ0n) is 35.6. The monoisotopic (exact) mass is 886 g/mol. The molecule has 0 atom stereocenters. The van der Waals surface area contributed by atoms with Crippen molar-refractivity contribution in [3.63, 3.8) is 0 Å². The first-order valence-electron chi connectivity index (χ1n) is 22.0. The van der Waals surface area contributed by atoms with Crippen LogP contribution in [0.15, 0.2) is 177 Å². The summed E-state index contributed by atoms with van der Waals surface area (Å²) >= 11 is 7.75. The Hall–Kier alpha value is -5.88. The van der Waals surface area contributed by atoms with Crippen molar-refractivity contribution in [3.8, 4) is 22.3 Å². The highest BCUT2D eigenvalue weighted by Crippen LogP contribution is 2.56. The summed E-state index contributed by atoms with van der Waals surface area (Å²) in [6.07, 6.45) is 0. The van der Waals surface area contributed by atoms with Crippen LogP contribution < -0.4 is 10.4 Å². The maximum Gasteiger partial charge on any atom is 0.0584 e. The lowest BCUT2D eigenvalue weighted by molar-refractivity contribution is 1.27. The van der Waals surface area contributed by atoms with Crippen molar-refractivity contribution in [2.24, 2.45) is 0 Å². The third kappa shape index (κ3) is 5.14. The van der Waals surface area contributed by atoms with Crippen LogP contribution in [0.4, 0.5) is 0 Å². The molecule has 0 aliphatic carbocycles. The zero-order chi connectivity index (χ0) is 42.5. The van der Waals surface area contributed by atoms with Gasteiger partial charge < -0.3 is 0 Å². The first kappa shape index (κ1) is 37.5. The Morgan fingerprint density at radius 3 is 0.953 bits per heavy atom. The second-order valence-corrected chi connectivity index (χ2v) is 22.4. The third-order valence-electron chi connectivity index (χ3n) is 14.0. The normalized spacial score (nSPS) is 13.9. The lowest BCUT2D eigenvalue weighted by Gasteiger charge is -2.25. The second-order valence-electron chi connectivity index (χ2n) is 17.6. The van der Waals surface area contributed by atoms with Crippen molar-refractivity contribution in [1.29, 1.82) is 0 Å². The maximum atomic E-state index is 2.62. The van der Waals surface area contributed by atoms with Gasteiger partial charge in [0.15, 0.2) is 0 Å². The predicted molar refractivity (Wildman–Crippen MR) is 284 cm³/mol. The molecule has 0 fully saturated rings. The predicted octanol–water partition coefficient (Wildman–Crippen LogP) is 17.1. The molecule has 302 valence electrons. The van der Waals surface area contributed by atoms with Gasteiger partial charge in [-0.2, -0.15) is 0 Å². The number of thioether (sulfide) groups is 4. The Bertz CT molecular complexity index is 3810. The Morgan fingerprint density at radius 2 is 0.594 bits per heavy atom. The number of hydrogen-bond acceptors (Lipinski definition) is 4. The number of hydrogen-bond donors (Lipinski definition) is 0. The fraction of sp³-hybridized carbons (Fsp3) is 0.0667. The van der Waals surface area contributed by atoms with Crippen molar-refractivity contribution in [3.05, 3.63) is 190 Å². The van der Waals surface area contributed by atoms with E-state index in [-0.39, 0.29) is 0 Å². The highest BCUT2D eigenvalue weighted by atomic mass is 32.2. The summed E-state index contributed by atoms with van der Waals surface area (Å²) in [5.41, 5.74) is 10.5. The van der Waals surface area contributed by atoms with Crippen molar-refractivity contribution < 1.29 is 0 Å². The lowest BCUT2D eigenvalue weighted by atomic mass is 9.78. The van der Waals surface area contributed by atoms with Crippen LogP contribution in [0.5, 0.6) is 0 Å². The van der Waals surface area contributed by atoms with Crippen molar-refractivity contribution in [2.75, 3.05) is 0 Å². The Morgan fingerprint density at radius 1 is 0.266 bits per heavy atom. The topological polar surface area (TPSA) is 0 Å². The lowest BCUT2D eigenvalue weighted by Crippen LogP contribution is -2.11. The minimum Gasteiger partial charge on any atom is -0.0809 e. The zero-order valence-corrected chi connectivity index (χ0v) is 38.9. The molecule has 2 heterocycles. The largest absolute Gasteiger partial charge is 0.0809 e. The van der Waals surface area contributed by atoms with E-state index >= 15 is 0 Å². The summed E-state index contributed by atoms with van der Waals surface area (Å²) in [7, 11) is 0. The Labute approximate surface area is 388 Å². The van der Waals surface area contributed by atoms with Crippen LogP contribution in [0.3, 0.4) is 0 Å². The van der Waals surface area contributed by atoms with E-state index in [0.29, 0.717) is 0 Å².